The van der Waals surface area contributed by atoms with Gasteiger partial charge in [0.1, 0.15) is 0 Å². The van der Waals surface area contributed by atoms with Crippen LogP contribution in [-0.4, -0.2) is 13.2 Å². The molecule has 0 unspecified atom stereocenters. The van der Waals surface area contributed by atoms with Crippen LogP contribution in [0.5, 0.6) is 0 Å². The standard InChI is InChI=1S/C11H23NO.ClH/c1-10(2)9-13-12-8-11-6-4-3-5-7-11;/h10-12H,3-9H2,1-2H3;1H. The van der Waals surface area contributed by atoms with E-state index in [1.807, 2.05) is 0 Å². The van der Waals surface area contributed by atoms with Crippen molar-refractivity contribution in [3.63, 3.8) is 0 Å². The van der Waals surface area contributed by atoms with Crippen molar-refractivity contribution < 1.29 is 4.84 Å². The minimum absolute atomic E-state index is 0. The average Bonchev–Trinajstić information content (AvgIpc) is 2.14. The Hall–Kier alpha value is 0.210. The Balaban J connectivity index is 0.00000169. The molecule has 1 rings (SSSR count). The summed E-state index contributed by atoms with van der Waals surface area (Å²) in [6.07, 6.45) is 7.03. The summed E-state index contributed by atoms with van der Waals surface area (Å²) < 4.78 is 0. The first-order valence-corrected chi connectivity index (χ1v) is 5.63. The highest BCUT2D eigenvalue weighted by Crippen LogP contribution is 2.22. The van der Waals surface area contributed by atoms with Crippen molar-refractivity contribution in [1.82, 2.24) is 5.48 Å². The highest BCUT2D eigenvalue weighted by atomic mass is 35.5. The molecule has 3 heteroatoms. The molecule has 0 aliphatic heterocycles. The largest absolute Gasteiger partial charge is 0.302 e. The van der Waals surface area contributed by atoms with Gasteiger partial charge in [0.2, 0.25) is 0 Å². The van der Waals surface area contributed by atoms with E-state index in [9.17, 15) is 0 Å². The van der Waals surface area contributed by atoms with Gasteiger partial charge >= 0.3 is 0 Å². The molecule has 0 radical (unpaired) electrons. The zero-order valence-electron chi connectivity index (χ0n) is 9.42. The Morgan fingerprint density at radius 2 is 1.86 bits per heavy atom. The lowest BCUT2D eigenvalue weighted by atomic mass is 9.89. The van der Waals surface area contributed by atoms with Gasteiger partial charge in [-0.15, -0.1) is 12.4 Å². The molecule has 0 aromatic heterocycles. The van der Waals surface area contributed by atoms with Crippen LogP contribution in [0.15, 0.2) is 0 Å². The van der Waals surface area contributed by atoms with Crippen LogP contribution in [-0.2, 0) is 4.84 Å². The maximum absolute atomic E-state index is 5.35. The Labute approximate surface area is 94.2 Å². The minimum Gasteiger partial charge on any atom is -0.302 e. The van der Waals surface area contributed by atoms with E-state index >= 15 is 0 Å². The van der Waals surface area contributed by atoms with E-state index in [1.165, 1.54) is 32.1 Å². The van der Waals surface area contributed by atoms with Crippen LogP contribution in [0.3, 0.4) is 0 Å². The van der Waals surface area contributed by atoms with E-state index in [4.69, 9.17) is 4.84 Å². The van der Waals surface area contributed by atoms with Gasteiger partial charge in [-0.1, -0.05) is 33.1 Å². The number of hydroxylamine groups is 1. The molecule has 0 atom stereocenters. The summed E-state index contributed by atoms with van der Waals surface area (Å²) in [7, 11) is 0. The number of hydrogen-bond acceptors (Lipinski definition) is 2. The Morgan fingerprint density at radius 1 is 1.21 bits per heavy atom. The highest BCUT2D eigenvalue weighted by Gasteiger charge is 2.12. The lowest BCUT2D eigenvalue weighted by Crippen LogP contribution is -2.26. The molecule has 1 N–H and O–H groups in total. The van der Waals surface area contributed by atoms with E-state index in [-0.39, 0.29) is 12.4 Å². The van der Waals surface area contributed by atoms with E-state index in [2.05, 4.69) is 19.3 Å². The molecule has 0 aromatic rings. The van der Waals surface area contributed by atoms with Gasteiger partial charge in [0.05, 0.1) is 6.61 Å². The first-order chi connectivity index (χ1) is 6.29. The van der Waals surface area contributed by atoms with Crippen molar-refractivity contribution in [1.29, 1.82) is 0 Å². The summed E-state index contributed by atoms with van der Waals surface area (Å²) >= 11 is 0. The first-order valence-electron chi connectivity index (χ1n) is 5.63. The van der Waals surface area contributed by atoms with Crippen LogP contribution < -0.4 is 5.48 Å². The molecule has 2 nitrogen and oxygen atoms in total. The third-order valence-corrected chi connectivity index (χ3v) is 2.62. The summed E-state index contributed by atoms with van der Waals surface area (Å²) in [5.74, 6) is 1.49. The average molecular weight is 222 g/mol. The van der Waals surface area contributed by atoms with E-state index in [1.54, 1.807) is 0 Å². The van der Waals surface area contributed by atoms with Crippen LogP contribution in [0.25, 0.3) is 0 Å². The Kier molecular flexibility index (Phi) is 8.64. The van der Waals surface area contributed by atoms with E-state index < -0.39 is 0 Å². The topological polar surface area (TPSA) is 21.3 Å². The second-order valence-electron chi connectivity index (χ2n) is 4.56. The van der Waals surface area contributed by atoms with Crippen LogP contribution in [0.1, 0.15) is 46.0 Å². The molecule has 14 heavy (non-hydrogen) atoms. The third-order valence-electron chi connectivity index (χ3n) is 2.62. The molecule has 1 saturated carbocycles. The van der Waals surface area contributed by atoms with Gasteiger partial charge in [-0.3, -0.25) is 0 Å². The number of nitrogens with one attached hydrogen (secondary N) is 1. The smallest absolute Gasteiger partial charge is 0.0705 e. The Bertz CT molecular complexity index is 124. The fourth-order valence-electron chi connectivity index (χ4n) is 1.79. The lowest BCUT2D eigenvalue weighted by molar-refractivity contribution is 0.0132. The zero-order chi connectivity index (χ0) is 9.52. The zero-order valence-corrected chi connectivity index (χ0v) is 10.2. The van der Waals surface area contributed by atoms with Gasteiger partial charge in [0.15, 0.2) is 0 Å². The SMILES string of the molecule is CC(C)CONCC1CCCCC1.Cl. The van der Waals surface area contributed by atoms with Gasteiger partial charge in [0, 0.05) is 6.54 Å². The van der Waals surface area contributed by atoms with Gasteiger partial charge < -0.3 is 4.84 Å². The predicted molar refractivity (Wildman–Crippen MR) is 62.6 cm³/mol. The van der Waals surface area contributed by atoms with Crippen molar-refractivity contribution in [2.24, 2.45) is 11.8 Å². The number of hydrogen-bond donors (Lipinski definition) is 1. The highest BCUT2D eigenvalue weighted by molar-refractivity contribution is 5.85. The van der Waals surface area contributed by atoms with E-state index in [0.29, 0.717) is 5.92 Å². The quantitative estimate of drug-likeness (QED) is 0.569. The molecule has 1 aliphatic carbocycles. The fraction of sp³-hybridized carbons (Fsp3) is 1.00. The summed E-state index contributed by atoms with van der Waals surface area (Å²) in [5.41, 5.74) is 3.09. The summed E-state index contributed by atoms with van der Waals surface area (Å²) in [5, 5.41) is 0. The van der Waals surface area contributed by atoms with Gasteiger partial charge in [-0.2, -0.15) is 0 Å². The van der Waals surface area contributed by atoms with Crippen molar-refractivity contribution in [3.8, 4) is 0 Å². The molecule has 0 bridgehead atoms. The van der Waals surface area contributed by atoms with Crippen molar-refractivity contribution in [3.05, 3.63) is 0 Å². The monoisotopic (exact) mass is 221 g/mol. The van der Waals surface area contributed by atoms with Crippen molar-refractivity contribution in [2.75, 3.05) is 13.2 Å². The summed E-state index contributed by atoms with van der Waals surface area (Å²) in [4.78, 5) is 5.35. The normalized spacial score (nSPS) is 18.2. The first kappa shape index (κ1) is 14.2. The molecule has 0 aromatic carbocycles. The fourth-order valence-corrected chi connectivity index (χ4v) is 1.79. The second-order valence-corrected chi connectivity index (χ2v) is 4.56. The van der Waals surface area contributed by atoms with E-state index in [0.717, 1.165) is 19.1 Å². The maximum atomic E-state index is 5.35. The van der Waals surface area contributed by atoms with Crippen LogP contribution >= 0.6 is 12.4 Å². The van der Waals surface area contributed by atoms with Gasteiger partial charge in [-0.05, 0) is 24.7 Å². The number of halogens is 1. The number of rotatable bonds is 5. The molecule has 0 spiro atoms. The van der Waals surface area contributed by atoms with Gasteiger partial charge in [0.25, 0.3) is 0 Å². The molecule has 0 heterocycles. The third kappa shape index (κ3) is 6.63. The second kappa shape index (κ2) is 8.51. The van der Waals surface area contributed by atoms with Crippen molar-refractivity contribution in [2.45, 2.75) is 46.0 Å². The molecule has 86 valence electrons. The van der Waals surface area contributed by atoms with Crippen LogP contribution in [0, 0.1) is 11.8 Å². The van der Waals surface area contributed by atoms with Crippen LogP contribution in [0.4, 0.5) is 0 Å². The minimum atomic E-state index is 0. The molecule has 0 amide bonds. The molecule has 1 aliphatic rings. The molecule has 1 fully saturated rings. The molecular formula is C11H24ClNO. The van der Waals surface area contributed by atoms with Crippen molar-refractivity contribution >= 4 is 12.4 Å². The lowest BCUT2D eigenvalue weighted by Gasteiger charge is -2.21. The molecule has 0 saturated heterocycles. The maximum Gasteiger partial charge on any atom is 0.0705 e. The van der Waals surface area contributed by atoms with Crippen LogP contribution in [0.2, 0.25) is 0 Å². The molecular weight excluding hydrogens is 198 g/mol. The summed E-state index contributed by atoms with van der Waals surface area (Å²) in [6.45, 7) is 6.21. The summed E-state index contributed by atoms with van der Waals surface area (Å²) in [6, 6.07) is 0. The van der Waals surface area contributed by atoms with Gasteiger partial charge in [-0.25, -0.2) is 5.48 Å². The Morgan fingerprint density at radius 3 is 2.43 bits per heavy atom. The predicted octanol–water partition coefficient (Wildman–Crippen LogP) is 3.17.